The van der Waals surface area contributed by atoms with E-state index in [9.17, 15) is 14.4 Å². The summed E-state index contributed by atoms with van der Waals surface area (Å²) in [5.41, 5.74) is 2.59. The number of benzene rings is 1. The number of carbonyl (C=O) groups excluding carboxylic acids is 3. The maximum absolute atomic E-state index is 14.4. The minimum absolute atomic E-state index is 0.000624. The van der Waals surface area contributed by atoms with Crippen LogP contribution in [0.15, 0.2) is 35.4 Å². The molecule has 1 N–H and O–H groups in total. The molecule has 6 nitrogen and oxygen atoms in total. The van der Waals surface area contributed by atoms with Crippen LogP contribution in [0.25, 0.3) is 0 Å². The highest BCUT2D eigenvalue weighted by atomic mass is 16.5. The van der Waals surface area contributed by atoms with Gasteiger partial charge in [-0.15, -0.1) is 0 Å². The second kappa shape index (κ2) is 11.2. The molecule has 0 saturated heterocycles. The van der Waals surface area contributed by atoms with Gasteiger partial charge in [-0.2, -0.15) is 0 Å². The number of amides is 1. The largest absolute Gasteiger partial charge is 0.497 e. The average Bonchev–Trinajstić information content (AvgIpc) is 3.31. The van der Waals surface area contributed by atoms with Crippen LogP contribution in [-0.2, 0) is 25.7 Å². The van der Waals surface area contributed by atoms with Crippen LogP contribution in [0.3, 0.4) is 0 Å². The molecule has 46 heavy (non-hydrogen) atoms. The lowest BCUT2D eigenvalue weighted by Crippen LogP contribution is -2.66. The molecule has 5 aliphatic carbocycles. The normalized spacial score (nSPS) is 39.6. The maximum Gasteiger partial charge on any atom is 0.302 e. The van der Waals surface area contributed by atoms with Crippen molar-refractivity contribution in [3.8, 4) is 5.75 Å². The lowest BCUT2D eigenvalue weighted by molar-refractivity contribution is -0.232. The van der Waals surface area contributed by atoms with Crippen LogP contribution in [0, 0.1) is 50.7 Å². The Morgan fingerprint density at radius 2 is 1.59 bits per heavy atom. The van der Waals surface area contributed by atoms with Crippen molar-refractivity contribution < 1.29 is 23.9 Å². The average molecular weight is 632 g/mol. The summed E-state index contributed by atoms with van der Waals surface area (Å²) in [6.45, 7) is 18.6. The summed E-state index contributed by atoms with van der Waals surface area (Å²) in [5.74, 6) is 2.19. The van der Waals surface area contributed by atoms with Gasteiger partial charge in [0.15, 0.2) is 5.78 Å². The smallest absolute Gasteiger partial charge is 0.302 e. The number of esters is 1. The highest BCUT2D eigenvalue weighted by Crippen LogP contribution is 2.76. The Morgan fingerprint density at radius 3 is 2.22 bits per heavy atom. The van der Waals surface area contributed by atoms with Crippen LogP contribution >= 0.6 is 0 Å². The van der Waals surface area contributed by atoms with Gasteiger partial charge in [-0.05, 0) is 120 Å². The number of allylic oxidation sites excluding steroid dienone is 1. The van der Waals surface area contributed by atoms with Crippen LogP contribution in [0.2, 0.25) is 0 Å². The predicted molar refractivity (Wildman–Crippen MR) is 180 cm³/mol. The molecular weight excluding hydrogens is 574 g/mol. The number of nitrogens with one attached hydrogen (secondary N) is 1. The van der Waals surface area contributed by atoms with Gasteiger partial charge in [-0.3, -0.25) is 14.4 Å². The zero-order chi connectivity index (χ0) is 33.4. The molecule has 4 fully saturated rings. The molecule has 0 bridgehead atoms. The Balaban J connectivity index is 1.33. The summed E-state index contributed by atoms with van der Waals surface area (Å²) < 4.78 is 11.2. The minimum Gasteiger partial charge on any atom is -0.497 e. The first kappa shape index (κ1) is 33.3. The van der Waals surface area contributed by atoms with Gasteiger partial charge in [-0.25, -0.2) is 0 Å². The lowest BCUT2D eigenvalue weighted by atomic mass is 9.33. The van der Waals surface area contributed by atoms with Gasteiger partial charge in [0.25, 0.3) is 0 Å². The van der Waals surface area contributed by atoms with E-state index < -0.39 is 5.41 Å². The molecule has 0 aromatic heterocycles. The number of methoxy groups -OCH3 is 1. The van der Waals surface area contributed by atoms with E-state index in [2.05, 4.69) is 53.8 Å². The van der Waals surface area contributed by atoms with Crippen LogP contribution in [0.4, 0.5) is 0 Å². The number of ketones is 1. The van der Waals surface area contributed by atoms with Gasteiger partial charge >= 0.3 is 5.97 Å². The SMILES string of the molecule is COc1ccc(CNC(=O)[C@@]23CC[C@]4(C)[C@H](CC[C@@H]5[C@@]6(C)CC[C@H](OC(C)=O)C(C)(C)[C@@H]6CC[C@]54C)C2=C(C(C)C)C(=O)C3)cc1. The first-order valence-corrected chi connectivity index (χ1v) is 17.9. The molecule has 8 atom stereocenters. The summed E-state index contributed by atoms with van der Waals surface area (Å²) >= 11 is 0. The molecule has 4 saturated carbocycles. The van der Waals surface area contributed by atoms with Crippen LogP contribution in [0.1, 0.15) is 119 Å². The van der Waals surface area contributed by atoms with Gasteiger partial charge < -0.3 is 14.8 Å². The van der Waals surface area contributed by atoms with Crippen molar-refractivity contribution in [2.75, 3.05) is 7.11 Å². The van der Waals surface area contributed by atoms with Crippen LogP contribution < -0.4 is 10.1 Å². The van der Waals surface area contributed by atoms with Gasteiger partial charge in [-0.1, -0.05) is 60.6 Å². The number of fused-ring (bicyclic) bond motifs is 7. The molecule has 1 aromatic rings. The Morgan fingerprint density at radius 1 is 0.891 bits per heavy atom. The zero-order valence-corrected chi connectivity index (χ0v) is 29.8. The van der Waals surface area contributed by atoms with E-state index in [4.69, 9.17) is 9.47 Å². The van der Waals surface area contributed by atoms with E-state index in [1.54, 1.807) is 14.0 Å². The summed E-state index contributed by atoms with van der Waals surface area (Å²) in [7, 11) is 1.65. The Labute approximate surface area is 276 Å². The van der Waals surface area contributed by atoms with Crippen molar-refractivity contribution in [2.45, 2.75) is 126 Å². The standard InChI is InChI=1S/C40H57NO5/c1-24(2)33-29(43)22-40(35(44)41-23-26-10-12-27(45-9)13-11-26)21-20-38(7)28(34(33)40)14-15-31-37(6)18-17-32(46-25(3)42)36(4,5)30(37)16-19-39(31,38)8/h10-13,24,28,30-32H,14-23H2,1-9H3,(H,41,44)/t28-,30+,31-,32+,37+,38-,39-,40-/m1/s1. The zero-order valence-electron chi connectivity index (χ0n) is 29.8. The van der Waals surface area contributed by atoms with Crippen molar-refractivity contribution in [3.63, 3.8) is 0 Å². The van der Waals surface area contributed by atoms with Gasteiger partial charge in [0.2, 0.25) is 5.91 Å². The topological polar surface area (TPSA) is 81.7 Å². The molecular formula is C40H57NO5. The van der Waals surface area contributed by atoms with Crippen LogP contribution in [-0.4, -0.2) is 30.9 Å². The third-order valence-electron chi connectivity index (χ3n) is 14.7. The number of hydrogen-bond acceptors (Lipinski definition) is 5. The summed E-state index contributed by atoms with van der Waals surface area (Å²) in [5, 5.41) is 3.29. The van der Waals surface area contributed by atoms with E-state index in [1.807, 2.05) is 24.3 Å². The molecule has 1 amide bonds. The third-order valence-corrected chi connectivity index (χ3v) is 14.7. The predicted octanol–water partition coefficient (Wildman–Crippen LogP) is 8.22. The fourth-order valence-corrected chi connectivity index (χ4v) is 12.4. The number of ether oxygens (including phenoxy) is 2. The molecule has 252 valence electrons. The fraction of sp³-hybridized carbons (Fsp3) is 0.725. The molecule has 0 heterocycles. The molecule has 0 aliphatic heterocycles. The Kier molecular flexibility index (Phi) is 8.12. The molecule has 6 rings (SSSR count). The molecule has 0 unspecified atom stereocenters. The number of rotatable bonds is 6. The monoisotopic (exact) mass is 631 g/mol. The number of carbonyl (C=O) groups is 3. The van der Waals surface area contributed by atoms with Gasteiger partial charge in [0.1, 0.15) is 11.9 Å². The summed E-state index contributed by atoms with van der Waals surface area (Å²) in [6, 6.07) is 7.83. The van der Waals surface area contributed by atoms with E-state index in [1.165, 1.54) is 5.57 Å². The second-order valence-corrected chi connectivity index (χ2v) is 17.3. The van der Waals surface area contributed by atoms with Crippen molar-refractivity contribution in [2.24, 2.45) is 50.7 Å². The van der Waals surface area contributed by atoms with E-state index in [-0.39, 0.29) is 57.3 Å². The Bertz CT molecular complexity index is 1440. The quantitative estimate of drug-likeness (QED) is 0.320. The van der Waals surface area contributed by atoms with Crippen molar-refractivity contribution in [1.82, 2.24) is 5.32 Å². The first-order valence-electron chi connectivity index (χ1n) is 17.9. The lowest BCUT2D eigenvalue weighted by Gasteiger charge is -2.72. The van der Waals surface area contributed by atoms with Crippen molar-refractivity contribution >= 4 is 17.7 Å². The first-order chi connectivity index (χ1) is 21.5. The number of Topliss-reactive ketones (excluding diaryl/α,β-unsaturated/α-hetero) is 1. The Hall–Kier alpha value is -2.63. The van der Waals surface area contributed by atoms with Gasteiger partial charge in [0.05, 0.1) is 12.5 Å². The summed E-state index contributed by atoms with van der Waals surface area (Å²) in [4.78, 5) is 40.4. The molecule has 1 aromatic carbocycles. The summed E-state index contributed by atoms with van der Waals surface area (Å²) in [6.07, 6.45) is 8.37. The van der Waals surface area contributed by atoms with E-state index in [0.717, 1.165) is 68.3 Å². The van der Waals surface area contributed by atoms with Crippen molar-refractivity contribution in [1.29, 1.82) is 0 Å². The second-order valence-electron chi connectivity index (χ2n) is 17.3. The highest BCUT2D eigenvalue weighted by molar-refractivity contribution is 6.06. The highest BCUT2D eigenvalue weighted by Gasteiger charge is 2.71. The van der Waals surface area contributed by atoms with Crippen molar-refractivity contribution in [3.05, 3.63) is 41.0 Å². The molecule has 5 aliphatic rings. The third kappa shape index (κ3) is 4.65. The maximum atomic E-state index is 14.4. The molecule has 0 spiro atoms. The molecule has 0 radical (unpaired) electrons. The number of hydrogen-bond donors (Lipinski definition) is 1. The van der Waals surface area contributed by atoms with Gasteiger partial charge in [0, 0.05) is 25.3 Å². The molecule has 6 heteroatoms. The minimum atomic E-state index is -0.748. The van der Waals surface area contributed by atoms with E-state index >= 15 is 0 Å². The fourth-order valence-electron chi connectivity index (χ4n) is 12.4. The van der Waals surface area contributed by atoms with E-state index in [0.29, 0.717) is 24.8 Å². The van der Waals surface area contributed by atoms with Crippen LogP contribution in [0.5, 0.6) is 5.75 Å².